The number of aliphatic hydroxyl groups excluding tert-OH is 1. The molecule has 8 nitrogen and oxygen atoms in total. The first-order valence-electron chi connectivity index (χ1n) is 9.88. The van der Waals surface area contributed by atoms with Crippen molar-refractivity contribution in [1.29, 1.82) is 5.26 Å². The molecule has 1 fully saturated rings. The topological polar surface area (TPSA) is 124 Å². The summed E-state index contributed by atoms with van der Waals surface area (Å²) in [4.78, 5) is 12.7. The summed E-state index contributed by atoms with van der Waals surface area (Å²) in [5.74, 6) is -0.338. The SMILES string of the molecule is CC(C)(O)c1cnc2c(F)cc(-c3nc(N[C@@H]4CCOC[C@H]4O)ncc3C#N)cc2c1. The Bertz CT molecular complexity index is 1170. The molecule has 3 N–H and O–H groups in total. The maximum Gasteiger partial charge on any atom is 0.223 e. The molecule has 1 saturated heterocycles. The van der Waals surface area contributed by atoms with Gasteiger partial charge >= 0.3 is 0 Å². The molecule has 3 aromatic rings. The van der Waals surface area contributed by atoms with Crippen LogP contribution in [0, 0.1) is 17.1 Å². The van der Waals surface area contributed by atoms with Crippen molar-refractivity contribution in [2.24, 2.45) is 0 Å². The molecule has 9 heteroatoms. The molecule has 0 radical (unpaired) electrons. The number of halogens is 1. The Morgan fingerprint density at radius 3 is 2.77 bits per heavy atom. The van der Waals surface area contributed by atoms with Crippen LogP contribution in [-0.2, 0) is 10.3 Å². The molecule has 31 heavy (non-hydrogen) atoms. The number of rotatable bonds is 4. The number of nitriles is 1. The van der Waals surface area contributed by atoms with E-state index in [2.05, 4.69) is 20.3 Å². The Morgan fingerprint density at radius 1 is 1.26 bits per heavy atom. The van der Waals surface area contributed by atoms with Gasteiger partial charge in [0.1, 0.15) is 17.4 Å². The third kappa shape index (κ3) is 4.32. The zero-order valence-corrected chi connectivity index (χ0v) is 17.1. The molecule has 0 amide bonds. The van der Waals surface area contributed by atoms with Gasteiger partial charge in [-0.15, -0.1) is 0 Å². The van der Waals surface area contributed by atoms with E-state index in [1.54, 1.807) is 26.0 Å². The van der Waals surface area contributed by atoms with E-state index in [-0.39, 0.29) is 35.4 Å². The standard InChI is InChI=1S/C22H22FN5O3/c1-22(2,30)15-6-12-5-13(7-16(23)20(12)25-10-15)19-14(8-24)9-26-21(28-19)27-17-3-4-31-11-18(17)29/h5-7,9-10,17-18,29-30H,3-4,11H2,1-2H3,(H,26,27,28)/t17-,18-/m1/s1. The molecule has 0 bridgehead atoms. The zero-order valence-electron chi connectivity index (χ0n) is 17.1. The van der Waals surface area contributed by atoms with E-state index in [9.17, 15) is 19.9 Å². The number of ether oxygens (including phenoxy) is 1. The molecule has 1 aromatic carbocycles. The summed E-state index contributed by atoms with van der Waals surface area (Å²) in [6.07, 6.45) is 2.68. The number of benzene rings is 1. The summed E-state index contributed by atoms with van der Waals surface area (Å²) in [5, 5.41) is 33.4. The minimum Gasteiger partial charge on any atom is -0.389 e. The lowest BCUT2D eigenvalue weighted by Gasteiger charge is -2.28. The quantitative estimate of drug-likeness (QED) is 0.585. The van der Waals surface area contributed by atoms with Crippen molar-refractivity contribution in [1.82, 2.24) is 15.0 Å². The number of hydrogen-bond acceptors (Lipinski definition) is 8. The van der Waals surface area contributed by atoms with Crippen LogP contribution < -0.4 is 5.32 Å². The monoisotopic (exact) mass is 423 g/mol. The minimum atomic E-state index is -1.14. The van der Waals surface area contributed by atoms with Gasteiger partial charge in [-0.3, -0.25) is 4.98 Å². The van der Waals surface area contributed by atoms with Gasteiger partial charge in [-0.25, -0.2) is 14.4 Å². The summed E-state index contributed by atoms with van der Waals surface area (Å²) >= 11 is 0. The summed E-state index contributed by atoms with van der Waals surface area (Å²) < 4.78 is 20.0. The van der Waals surface area contributed by atoms with Crippen molar-refractivity contribution in [2.75, 3.05) is 18.5 Å². The van der Waals surface area contributed by atoms with E-state index in [0.29, 0.717) is 29.5 Å². The summed E-state index contributed by atoms with van der Waals surface area (Å²) in [7, 11) is 0. The van der Waals surface area contributed by atoms with E-state index >= 15 is 0 Å². The normalized spacial score (nSPS) is 19.2. The average molecular weight is 423 g/mol. The molecular weight excluding hydrogens is 401 g/mol. The Labute approximate surface area is 178 Å². The fourth-order valence-corrected chi connectivity index (χ4v) is 3.49. The predicted octanol–water partition coefficient (Wildman–Crippen LogP) is 2.49. The molecule has 0 saturated carbocycles. The zero-order chi connectivity index (χ0) is 22.2. The highest BCUT2D eigenvalue weighted by atomic mass is 19.1. The molecule has 1 aliphatic rings. The molecule has 4 rings (SSSR count). The van der Waals surface area contributed by atoms with Crippen LogP contribution in [0.4, 0.5) is 10.3 Å². The molecule has 160 valence electrons. The van der Waals surface area contributed by atoms with Crippen molar-refractivity contribution in [3.05, 3.63) is 47.5 Å². The lowest BCUT2D eigenvalue weighted by molar-refractivity contribution is -0.0136. The average Bonchev–Trinajstić information content (AvgIpc) is 2.74. The lowest BCUT2D eigenvalue weighted by atomic mass is 9.97. The van der Waals surface area contributed by atoms with E-state index in [0.717, 1.165) is 0 Å². The summed E-state index contributed by atoms with van der Waals surface area (Å²) in [6.45, 7) is 3.96. The Hall–Kier alpha value is -3.19. The molecular formula is C22H22FN5O3. The number of aromatic nitrogens is 3. The van der Waals surface area contributed by atoms with Gasteiger partial charge in [-0.2, -0.15) is 5.26 Å². The fourth-order valence-electron chi connectivity index (χ4n) is 3.49. The first kappa shape index (κ1) is 21.1. The number of aliphatic hydroxyl groups is 2. The van der Waals surface area contributed by atoms with Crippen LogP contribution >= 0.6 is 0 Å². The van der Waals surface area contributed by atoms with Crippen molar-refractivity contribution in [3.8, 4) is 17.3 Å². The van der Waals surface area contributed by atoms with Gasteiger partial charge in [0.15, 0.2) is 0 Å². The first-order chi connectivity index (χ1) is 14.8. The highest BCUT2D eigenvalue weighted by Gasteiger charge is 2.25. The molecule has 0 unspecified atom stereocenters. The van der Waals surface area contributed by atoms with Gasteiger partial charge < -0.3 is 20.3 Å². The van der Waals surface area contributed by atoms with Crippen LogP contribution in [0.25, 0.3) is 22.2 Å². The maximum atomic E-state index is 14.8. The molecule has 0 aliphatic carbocycles. The van der Waals surface area contributed by atoms with Crippen molar-refractivity contribution in [3.63, 3.8) is 0 Å². The molecule has 1 aliphatic heterocycles. The molecule has 2 aromatic heterocycles. The lowest BCUT2D eigenvalue weighted by Crippen LogP contribution is -2.42. The van der Waals surface area contributed by atoms with Crippen LogP contribution in [0.5, 0.6) is 0 Å². The number of fused-ring (bicyclic) bond motifs is 1. The van der Waals surface area contributed by atoms with Crippen molar-refractivity contribution in [2.45, 2.75) is 38.0 Å². The highest BCUT2D eigenvalue weighted by Crippen LogP contribution is 2.30. The van der Waals surface area contributed by atoms with Gasteiger partial charge in [-0.05, 0) is 38.5 Å². The van der Waals surface area contributed by atoms with Gasteiger partial charge in [0.2, 0.25) is 5.95 Å². The van der Waals surface area contributed by atoms with Crippen LogP contribution in [0.1, 0.15) is 31.4 Å². The van der Waals surface area contributed by atoms with Crippen molar-refractivity contribution >= 4 is 16.9 Å². The van der Waals surface area contributed by atoms with E-state index < -0.39 is 17.5 Å². The van der Waals surface area contributed by atoms with E-state index in [1.165, 1.54) is 18.5 Å². The fraction of sp³-hybridized carbons (Fsp3) is 0.364. The van der Waals surface area contributed by atoms with Crippen molar-refractivity contribution < 1.29 is 19.3 Å². The van der Waals surface area contributed by atoms with Crippen LogP contribution in [0.3, 0.4) is 0 Å². The number of hydrogen-bond donors (Lipinski definition) is 3. The van der Waals surface area contributed by atoms with Gasteiger partial charge in [0, 0.05) is 29.3 Å². The second-order valence-electron chi connectivity index (χ2n) is 8.06. The van der Waals surface area contributed by atoms with E-state index in [4.69, 9.17) is 4.74 Å². The highest BCUT2D eigenvalue weighted by molar-refractivity contribution is 5.86. The second-order valence-corrected chi connectivity index (χ2v) is 8.06. The number of nitrogens with one attached hydrogen (secondary N) is 1. The van der Waals surface area contributed by atoms with Crippen LogP contribution in [-0.4, -0.2) is 50.5 Å². The van der Waals surface area contributed by atoms with Gasteiger partial charge in [0.25, 0.3) is 0 Å². The molecule has 3 heterocycles. The smallest absolute Gasteiger partial charge is 0.223 e. The maximum absolute atomic E-state index is 14.8. The number of anilines is 1. The summed E-state index contributed by atoms with van der Waals surface area (Å²) in [6, 6.07) is 6.36. The number of pyridine rings is 1. The molecule has 2 atom stereocenters. The molecule has 0 spiro atoms. The van der Waals surface area contributed by atoms with Crippen LogP contribution in [0.2, 0.25) is 0 Å². The van der Waals surface area contributed by atoms with Crippen LogP contribution in [0.15, 0.2) is 30.6 Å². The Balaban J connectivity index is 1.77. The third-order valence-electron chi connectivity index (χ3n) is 5.27. The third-order valence-corrected chi connectivity index (χ3v) is 5.27. The predicted molar refractivity (Wildman–Crippen MR) is 112 cm³/mol. The number of nitrogens with zero attached hydrogens (tertiary/aromatic N) is 4. The Kier molecular flexibility index (Phi) is 5.54. The Morgan fingerprint density at radius 2 is 2.06 bits per heavy atom. The first-order valence-corrected chi connectivity index (χ1v) is 9.88. The second kappa shape index (κ2) is 8.15. The summed E-state index contributed by atoms with van der Waals surface area (Å²) in [5.41, 5.74) is 0.388. The largest absolute Gasteiger partial charge is 0.389 e. The van der Waals surface area contributed by atoms with Gasteiger partial charge in [0.05, 0.1) is 41.8 Å². The minimum absolute atomic E-state index is 0.160. The van der Waals surface area contributed by atoms with E-state index in [1.807, 2.05) is 6.07 Å². The van der Waals surface area contributed by atoms with Gasteiger partial charge in [-0.1, -0.05) is 0 Å².